The molecule has 1 fully saturated rings. The minimum absolute atomic E-state index is 0.160. The highest BCUT2D eigenvalue weighted by Crippen LogP contribution is 2.34. The molecule has 174 valence electrons. The van der Waals surface area contributed by atoms with Gasteiger partial charge in [0, 0.05) is 38.3 Å². The van der Waals surface area contributed by atoms with Gasteiger partial charge in [0.25, 0.3) is 11.6 Å². The molecule has 1 aromatic carbocycles. The summed E-state index contributed by atoms with van der Waals surface area (Å²) in [5, 5.41) is 22.8. The Bertz CT molecular complexity index is 1140. The average molecular weight is 473 g/mol. The number of nitrogens with one attached hydrogen (secondary N) is 1. The molecule has 0 saturated carbocycles. The normalized spacial score (nSPS) is 15.3. The van der Waals surface area contributed by atoms with E-state index in [4.69, 9.17) is 9.15 Å². The fourth-order valence-electron chi connectivity index (χ4n) is 3.57. The Morgan fingerprint density at radius 1 is 1.30 bits per heavy atom. The summed E-state index contributed by atoms with van der Waals surface area (Å²) >= 11 is 1.12. The van der Waals surface area contributed by atoms with Gasteiger partial charge in [-0.3, -0.25) is 19.8 Å². The third-order valence-electron chi connectivity index (χ3n) is 5.32. The topological polar surface area (TPSA) is 129 Å². The number of morpholine rings is 1. The van der Waals surface area contributed by atoms with Crippen LogP contribution in [0, 0.1) is 17.0 Å². The molecule has 0 spiro atoms. The summed E-state index contributed by atoms with van der Waals surface area (Å²) in [6.07, 6.45) is 1.52. The van der Waals surface area contributed by atoms with Gasteiger partial charge in [0.05, 0.1) is 29.1 Å². The van der Waals surface area contributed by atoms with E-state index in [0.29, 0.717) is 29.8 Å². The zero-order chi connectivity index (χ0) is 23.4. The highest BCUT2D eigenvalue weighted by Gasteiger charge is 2.26. The highest BCUT2D eigenvalue weighted by atomic mass is 32.2. The number of nitro benzene ring substituents is 1. The Morgan fingerprint density at radius 2 is 2.09 bits per heavy atom. The Morgan fingerprint density at radius 3 is 2.73 bits per heavy atom. The summed E-state index contributed by atoms with van der Waals surface area (Å²) in [6, 6.07) is 8.05. The third kappa shape index (κ3) is 5.41. The van der Waals surface area contributed by atoms with Gasteiger partial charge in [-0.15, -0.1) is 10.2 Å². The first kappa shape index (κ1) is 23.0. The quantitative estimate of drug-likeness (QED) is 0.388. The molecule has 3 aromatic rings. The lowest BCUT2D eigenvalue weighted by atomic mass is 10.1. The first-order valence-electron chi connectivity index (χ1n) is 10.4. The van der Waals surface area contributed by atoms with Gasteiger partial charge in [-0.25, -0.2) is 0 Å². The molecule has 1 N–H and O–H groups in total. The monoisotopic (exact) mass is 472 g/mol. The molecular weight excluding hydrogens is 448 g/mol. The Balaban J connectivity index is 1.50. The first-order valence-corrected chi connectivity index (χ1v) is 11.2. The summed E-state index contributed by atoms with van der Waals surface area (Å²) in [5.74, 6) is 1.16. The lowest BCUT2D eigenvalue weighted by Gasteiger charge is -2.33. The molecule has 1 aliphatic rings. The number of benzene rings is 1. The van der Waals surface area contributed by atoms with Gasteiger partial charge in [0.15, 0.2) is 5.16 Å². The van der Waals surface area contributed by atoms with Crippen LogP contribution in [0.1, 0.15) is 27.9 Å². The van der Waals surface area contributed by atoms with Gasteiger partial charge in [0.1, 0.15) is 17.8 Å². The summed E-state index contributed by atoms with van der Waals surface area (Å²) in [7, 11) is 1.75. The van der Waals surface area contributed by atoms with Gasteiger partial charge in [0.2, 0.25) is 0 Å². The van der Waals surface area contributed by atoms with Crippen molar-refractivity contribution < 1.29 is 18.9 Å². The standard InChI is InChI=1S/C21H24N6O5S/c1-14-3-5-18(32-14)17(26-7-9-31-10-8-26)12-22-20(28)15-4-6-19(16(11-15)27(29)30)33-21-24-23-13-25(21)2/h3-6,11,13,17H,7-10,12H2,1-2H3,(H,22,28). The van der Waals surface area contributed by atoms with Gasteiger partial charge >= 0.3 is 0 Å². The van der Waals surface area contributed by atoms with E-state index in [1.165, 1.54) is 12.4 Å². The molecule has 1 amide bonds. The molecule has 33 heavy (non-hydrogen) atoms. The van der Waals surface area contributed by atoms with E-state index in [9.17, 15) is 14.9 Å². The number of aryl methyl sites for hydroxylation is 2. The predicted molar refractivity (Wildman–Crippen MR) is 119 cm³/mol. The van der Waals surface area contributed by atoms with Crippen LogP contribution < -0.4 is 5.32 Å². The van der Waals surface area contributed by atoms with Gasteiger partial charge in [-0.2, -0.15) is 0 Å². The van der Waals surface area contributed by atoms with Crippen molar-refractivity contribution in [2.45, 2.75) is 23.0 Å². The van der Waals surface area contributed by atoms with E-state index in [1.54, 1.807) is 23.7 Å². The second kappa shape index (κ2) is 10.1. The number of hydrogen-bond donors (Lipinski definition) is 1. The van der Waals surface area contributed by atoms with Crippen LogP contribution in [0.5, 0.6) is 0 Å². The van der Waals surface area contributed by atoms with Crippen molar-refractivity contribution in [1.29, 1.82) is 0 Å². The summed E-state index contributed by atoms with van der Waals surface area (Å²) in [5.41, 5.74) is 0.0439. The smallest absolute Gasteiger partial charge is 0.284 e. The van der Waals surface area contributed by atoms with Crippen LogP contribution in [-0.4, -0.2) is 63.3 Å². The molecule has 3 heterocycles. The average Bonchev–Trinajstić information content (AvgIpc) is 3.42. The van der Waals surface area contributed by atoms with Gasteiger partial charge in [-0.05, 0) is 43.0 Å². The number of nitrogens with zero attached hydrogens (tertiary/aromatic N) is 5. The number of furan rings is 1. The molecule has 1 atom stereocenters. The lowest BCUT2D eigenvalue weighted by Crippen LogP contribution is -2.43. The largest absolute Gasteiger partial charge is 0.465 e. The van der Waals surface area contributed by atoms with E-state index >= 15 is 0 Å². The molecule has 0 radical (unpaired) electrons. The fourth-order valence-corrected chi connectivity index (χ4v) is 4.42. The molecule has 0 bridgehead atoms. The van der Waals surface area contributed by atoms with E-state index < -0.39 is 10.8 Å². The van der Waals surface area contributed by atoms with Crippen molar-refractivity contribution in [2.75, 3.05) is 32.8 Å². The maximum Gasteiger partial charge on any atom is 0.284 e. The van der Waals surface area contributed by atoms with Crippen molar-refractivity contribution in [3.63, 3.8) is 0 Å². The Hall–Kier alpha value is -3.22. The maximum absolute atomic E-state index is 12.9. The third-order valence-corrected chi connectivity index (χ3v) is 6.44. The zero-order valence-corrected chi connectivity index (χ0v) is 19.1. The van der Waals surface area contributed by atoms with Crippen LogP contribution in [0.3, 0.4) is 0 Å². The number of hydrogen-bond acceptors (Lipinski definition) is 9. The first-order chi connectivity index (χ1) is 15.9. The molecule has 12 heteroatoms. The Kier molecular flexibility index (Phi) is 7.06. The summed E-state index contributed by atoms with van der Waals surface area (Å²) in [6.45, 7) is 4.84. The van der Waals surface area contributed by atoms with Crippen LogP contribution in [-0.2, 0) is 11.8 Å². The van der Waals surface area contributed by atoms with Crippen molar-refractivity contribution in [3.05, 3.63) is 63.9 Å². The second-order valence-corrected chi connectivity index (χ2v) is 8.60. The van der Waals surface area contributed by atoms with Crippen LogP contribution in [0.2, 0.25) is 0 Å². The summed E-state index contributed by atoms with van der Waals surface area (Å²) < 4.78 is 12.9. The predicted octanol–water partition coefficient (Wildman–Crippen LogP) is 2.58. The van der Waals surface area contributed by atoms with Crippen LogP contribution in [0.4, 0.5) is 5.69 Å². The molecule has 1 unspecified atom stereocenters. The number of amides is 1. The van der Waals surface area contributed by atoms with Crippen molar-refractivity contribution in [1.82, 2.24) is 25.0 Å². The summed E-state index contributed by atoms with van der Waals surface area (Å²) in [4.78, 5) is 26.6. The van der Waals surface area contributed by atoms with E-state index in [-0.39, 0.29) is 17.3 Å². The van der Waals surface area contributed by atoms with Crippen molar-refractivity contribution >= 4 is 23.4 Å². The number of aromatic nitrogens is 3. The molecule has 0 aliphatic carbocycles. The number of carbonyl (C=O) groups is 1. The minimum atomic E-state index is -0.502. The molecule has 1 aliphatic heterocycles. The SMILES string of the molecule is Cc1ccc(C(CNC(=O)c2ccc(Sc3nncn3C)c([N+](=O)[O-])c2)N2CCOCC2)o1. The Labute approximate surface area is 194 Å². The molecule has 1 saturated heterocycles. The fraction of sp³-hybridized carbons (Fsp3) is 0.381. The number of carbonyl (C=O) groups excluding carboxylic acids is 1. The molecular formula is C21H24N6O5S. The van der Waals surface area contributed by atoms with Crippen LogP contribution >= 0.6 is 11.8 Å². The van der Waals surface area contributed by atoms with Gasteiger partial charge < -0.3 is 19.0 Å². The van der Waals surface area contributed by atoms with Crippen LogP contribution in [0.15, 0.2) is 51.1 Å². The number of rotatable bonds is 8. The number of nitro groups is 1. The van der Waals surface area contributed by atoms with Crippen molar-refractivity contribution in [3.8, 4) is 0 Å². The van der Waals surface area contributed by atoms with Gasteiger partial charge in [-0.1, -0.05) is 0 Å². The van der Waals surface area contributed by atoms with Crippen LogP contribution in [0.25, 0.3) is 0 Å². The van der Waals surface area contributed by atoms with Crippen molar-refractivity contribution in [2.24, 2.45) is 7.05 Å². The maximum atomic E-state index is 12.9. The highest BCUT2D eigenvalue weighted by molar-refractivity contribution is 7.99. The second-order valence-electron chi connectivity index (χ2n) is 7.59. The minimum Gasteiger partial charge on any atom is -0.465 e. The molecule has 4 rings (SSSR count). The lowest BCUT2D eigenvalue weighted by molar-refractivity contribution is -0.387. The molecule has 2 aromatic heterocycles. The molecule has 11 nitrogen and oxygen atoms in total. The van der Waals surface area contributed by atoms with E-state index in [2.05, 4.69) is 20.4 Å². The van der Waals surface area contributed by atoms with E-state index in [1.807, 2.05) is 19.1 Å². The number of ether oxygens (including phenoxy) is 1. The zero-order valence-electron chi connectivity index (χ0n) is 18.3. The van der Waals surface area contributed by atoms with E-state index in [0.717, 1.165) is 36.4 Å².